The van der Waals surface area contributed by atoms with E-state index in [4.69, 9.17) is 10.3 Å². The predicted octanol–water partition coefficient (Wildman–Crippen LogP) is 3.19. The van der Waals surface area contributed by atoms with Crippen LogP contribution in [0.2, 0.25) is 0 Å². The summed E-state index contributed by atoms with van der Waals surface area (Å²) in [5.74, 6) is 0.990. The van der Waals surface area contributed by atoms with E-state index in [0.717, 1.165) is 23.2 Å². The number of benzene rings is 1. The molecule has 2 atom stereocenters. The highest BCUT2D eigenvalue weighted by molar-refractivity contribution is 5.76. The van der Waals surface area contributed by atoms with Crippen molar-refractivity contribution >= 4 is 5.88 Å². The Balaban J connectivity index is 2.10. The van der Waals surface area contributed by atoms with Gasteiger partial charge in [0.05, 0.1) is 11.3 Å². The second-order valence-corrected chi connectivity index (χ2v) is 4.64. The molecule has 0 radical (unpaired) electrons. The Morgan fingerprint density at radius 1 is 1.47 bits per heavy atom. The van der Waals surface area contributed by atoms with Gasteiger partial charge in [-0.15, -0.1) is 0 Å². The molecule has 4 heteroatoms. The molecular weight excluding hydrogens is 219 g/mol. The van der Waals surface area contributed by atoms with Crippen molar-refractivity contribution in [3.63, 3.8) is 0 Å². The van der Waals surface area contributed by atoms with Crippen LogP contribution < -0.4 is 5.73 Å². The highest BCUT2D eigenvalue weighted by Gasteiger charge is 2.39. The summed E-state index contributed by atoms with van der Waals surface area (Å²) in [5.41, 5.74) is 8.13. The lowest BCUT2D eigenvalue weighted by Gasteiger charge is -2.01. The smallest absolute Gasteiger partial charge is 0.230 e. The summed E-state index contributed by atoms with van der Waals surface area (Å²) in [7, 11) is 0. The summed E-state index contributed by atoms with van der Waals surface area (Å²) in [6.45, 7) is 2.16. The summed E-state index contributed by atoms with van der Waals surface area (Å²) in [6.07, 6.45) is 1.09. The number of nitrogen functional groups attached to an aromatic ring is 1. The summed E-state index contributed by atoms with van der Waals surface area (Å²) in [5, 5.41) is 4.01. The Morgan fingerprint density at radius 3 is 2.88 bits per heavy atom. The first-order chi connectivity index (χ1) is 8.16. The molecule has 17 heavy (non-hydrogen) atoms. The van der Waals surface area contributed by atoms with E-state index in [1.165, 1.54) is 12.1 Å². The largest absolute Gasteiger partial charge is 0.367 e. The first-order valence-electron chi connectivity index (χ1n) is 5.68. The zero-order valence-electron chi connectivity index (χ0n) is 9.48. The first-order valence-corrected chi connectivity index (χ1v) is 5.68. The number of aromatic nitrogens is 1. The lowest BCUT2D eigenvalue weighted by atomic mass is 10.0. The van der Waals surface area contributed by atoms with Crippen LogP contribution in [0.5, 0.6) is 0 Å². The van der Waals surface area contributed by atoms with Crippen LogP contribution in [0.4, 0.5) is 10.3 Å². The van der Waals surface area contributed by atoms with Crippen LogP contribution >= 0.6 is 0 Å². The van der Waals surface area contributed by atoms with E-state index in [9.17, 15) is 4.39 Å². The van der Waals surface area contributed by atoms with Gasteiger partial charge >= 0.3 is 0 Å². The minimum Gasteiger partial charge on any atom is -0.367 e. The van der Waals surface area contributed by atoms with Gasteiger partial charge in [-0.25, -0.2) is 4.39 Å². The monoisotopic (exact) mass is 232 g/mol. The molecule has 1 aromatic carbocycles. The number of anilines is 1. The fraction of sp³-hybridized carbons (Fsp3) is 0.308. The van der Waals surface area contributed by atoms with Crippen LogP contribution in [-0.2, 0) is 0 Å². The molecule has 1 fully saturated rings. The molecule has 2 unspecified atom stereocenters. The van der Waals surface area contributed by atoms with E-state index in [-0.39, 0.29) is 11.7 Å². The fourth-order valence-electron chi connectivity index (χ4n) is 2.21. The number of halogens is 1. The Labute approximate surface area is 98.4 Å². The summed E-state index contributed by atoms with van der Waals surface area (Å²) >= 11 is 0. The van der Waals surface area contributed by atoms with Crippen molar-refractivity contribution in [1.29, 1.82) is 0 Å². The maximum atomic E-state index is 13.2. The number of nitrogens with zero attached hydrogens (tertiary/aromatic N) is 1. The van der Waals surface area contributed by atoms with Crippen molar-refractivity contribution in [2.24, 2.45) is 5.92 Å². The molecule has 1 aliphatic carbocycles. The van der Waals surface area contributed by atoms with Crippen LogP contribution in [0.15, 0.2) is 28.8 Å². The van der Waals surface area contributed by atoms with E-state index in [1.54, 1.807) is 6.07 Å². The zero-order valence-corrected chi connectivity index (χ0v) is 9.48. The van der Waals surface area contributed by atoms with Gasteiger partial charge in [0.15, 0.2) is 0 Å². The third-order valence-electron chi connectivity index (χ3n) is 3.32. The number of hydrogen-bond donors (Lipinski definition) is 1. The summed E-state index contributed by atoms with van der Waals surface area (Å²) in [6, 6.07) is 6.35. The molecule has 1 aromatic heterocycles. The minimum atomic E-state index is -0.280. The lowest BCUT2D eigenvalue weighted by molar-refractivity contribution is 0.427. The maximum Gasteiger partial charge on any atom is 0.230 e. The van der Waals surface area contributed by atoms with E-state index >= 15 is 0 Å². The van der Waals surface area contributed by atoms with Gasteiger partial charge in [0.2, 0.25) is 5.88 Å². The molecule has 88 valence electrons. The van der Waals surface area contributed by atoms with Gasteiger partial charge < -0.3 is 10.3 Å². The normalized spacial score (nSPS) is 22.7. The van der Waals surface area contributed by atoms with Gasteiger partial charge in [-0.3, -0.25) is 0 Å². The van der Waals surface area contributed by atoms with Crippen molar-refractivity contribution in [2.45, 2.75) is 19.3 Å². The summed E-state index contributed by atoms with van der Waals surface area (Å²) in [4.78, 5) is 0. The molecular formula is C13H13FN2O. The molecule has 1 aliphatic rings. The highest BCUT2D eigenvalue weighted by atomic mass is 19.1. The Morgan fingerprint density at radius 2 is 2.24 bits per heavy atom. The van der Waals surface area contributed by atoms with E-state index in [2.05, 4.69) is 12.1 Å². The fourth-order valence-corrected chi connectivity index (χ4v) is 2.21. The van der Waals surface area contributed by atoms with E-state index < -0.39 is 0 Å². The lowest BCUT2D eigenvalue weighted by Crippen LogP contribution is -1.90. The van der Waals surface area contributed by atoms with Crippen molar-refractivity contribution in [3.05, 3.63) is 35.8 Å². The SMILES string of the molecule is CC1CC1c1noc(N)c1-c1cccc(F)c1. The predicted molar refractivity (Wildman–Crippen MR) is 62.8 cm³/mol. The van der Waals surface area contributed by atoms with Crippen molar-refractivity contribution < 1.29 is 8.91 Å². The van der Waals surface area contributed by atoms with Crippen molar-refractivity contribution in [2.75, 3.05) is 5.73 Å². The van der Waals surface area contributed by atoms with Gasteiger partial charge in [-0.05, 0) is 30.0 Å². The molecule has 0 saturated heterocycles. The van der Waals surface area contributed by atoms with E-state index in [1.807, 2.05) is 6.07 Å². The topological polar surface area (TPSA) is 52.0 Å². The average Bonchev–Trinajstić information content (AvgIpc) is 2.88. The van der Waals surface area contributed by atoms with Gasteiger partial charge in [0.1, 0.15) is 5.82 Å². The molecule has 0 amide bonds. The van der Waals surface area contributed by atoms with Gasteiger partial charge in [0.25, 0.3) is 0 Å². The zero-order chi connectivity index (χ0) is 12.0. The van der Waals surface area contributed by atoms with Crippen LogP contribution in [0.25, 0.3) is 11.1 Å². The molecule has 2 N–H and O–H groups in total. The number of rotatable bonds is 2. The van der Waals surface area contributed by atoms with Crippen molar-refractivity contribution in [3.8, 4) is 11.1 Å². The highest BCUT2D eigenvalue weighted by Crippen LogP contribution is 2.50. The molecule has 1 saturated carbocycles. The van der Waals surface area contributed by atoms with Crippen LogP contribution in [0.1, 0.15) is 25.0 Å². The number of hydrogen-bond acceptors (Lipinski definition) is 3. The molecule has 1 heterocycles. The molecule has 3 rings (SSSR count). The molecule has 3 nitrogen and oxygen atoms in total. The molecule has 2 aromatic rings. The standard InChI is InChI=1S/C13H13FN2O/c1-7-5-10(7)12-11(13(15)17-16-12)8-3-2-4-9(14)6-8/h2-4,6-7,10H,5,15H2,1H3. The Kier molecular flexibility index (Phi) is 2.18. The quantitative estimate of drug-likeness (QED) is 0.865. The van der Waals surface area contributed by atoms with E-state index in [0.29, 0.717) is 11.8 Å². The first kappa shape index (κ1) is 10.3. The second kappa shape index (κ2) is 3.58. The molecule has 0 bridgehead atoms. The number of nitrogens with two attached hydrogens (primary N) is 1. The van der Waals surface area contributed by atoms with Crippen LogP contribution in [0, 0.1) is 11.7 Å². The Bertz CT molecular complexity index is 564. The average molecular weight is 232 g/mol. The van der Waals surface area contributed by atoms with Gasteiger partial charge in [-0.1, -0.05) is 24.2 Å². The maximum absolute atomic E-state index is 13.2. The Hall–Kier alpha value is -1.84. The third kappa shape index (κ3) is 1.69. The van der Waals surface area contributed by atoms with Crippen LogP contribution in [-0.4, -0.2) is 5.16 Å². The van der Waals surface area contributed by atoms with Crippen LogP contribution in [0.3, 0.4) is 0 Å². The third-order valence-corrected chi connectivity index (χ3v) is 3.32. The minimum absolute atomic E-state index is 0.268. The van der Waals surface area contributed by atoms with Gasteiger partial charge in [0, 0.05) is 5.92 Å². The molecule has 0 spiro atoms. The second-order valence-electron chi connectivity index (χ2n) is 4.64. The molecule has 0 aliphatic heterocycles. The summed E-state index contributed by atoms with van der Waals surface area (Å²) < 4.78 is 18.3. The van der Waals surface area contributed by atoms with Crippen molar-refractivity contribution in [1.82, 2.24) is 5.16 Å². The van der Waals surface area contributed by atoms with Gasteiger partial charge in [-0.2, -0.15) is 0 Å².